The number of aromatic nitrogens is 3. The van der Waals surface area contributed by atoms with Gasteiger partial charge in [-0.25, -0.2) is 0 Å². The SMILES string of the molecule is CNc1nc(NC(C)(C)CCO)nc(OC)n1. The summed E-state index contributed by atoms with van der Waals surface area (Å²) < 4.78 is 4.98. The van der Waals surface area contributed by atoms with Crippen molar-refractivity contribution in [2.24, 2.45) is 0 Å². The van der Waals surface area contributed by atoms with Crippen molar-refractivity contribution < 1.29 is 9.84 Å². The normalized spacial score (nSPS) is 11.1. The van der Waals surface area contributed by atoms with Crippen molar-refractivity contribution in [1.29, 1.82) is 0 Å². The molecule has 1 heterocycles. The highest BCUT2D eigenvalue weighted by molar-refractivity contribution is 5.37. The average molecular weight is 241 g/mol. The van der Waals surface area contributed by atoms with Crippen LogP contribution in [0.1, 0.15) is 20.3 Å². The first kappa shape index (κ1) is 13.4. The van der Waals surface area contributed by atoms with Crippen LogP contribution in [0.25, 0.3) is 0 Å². The zero-order chi connectivity index (χ0) is 12.9. The molecule has 0 bridgehead atoms. The van der Waals surface area contributed by atoms with E-state index in [9.17, 15) is 0 Å². The highest BCUT2D eigenvalue weighted by Crippen LogP contribution is 2.17. The topological polar surface area (TPSA) is 92.2 Å². The molecule has 0 aliphatic rings. The van der Waals surface area contributed by atoms with Gasteiger partial charge in [0.05, 0.1) is 7.11 Å². The summed E-state index contributed by atoms with van der Waals surface area (Å²) in [6.07, 6.45) is 0.593. The van der Waals surface area contributed by atoms with Crippen LogP contribution in [0.2, 0.25) is 0 Å². The Morgan fingerprint density at radius 3 is 2.41 bits per heavy atom. The Balaban J connectivity index is 2.89. The number of nitrogens with zero attached hydrogens (tertiary/aromatic N) is 3. The van der Waals surface area contributed by atoms with Crippen molar-refractivity contribution in [3.8, 4) is 6.01 Å². The molecule has 3 N–H and O–H groups in total. The van der Waals surface area contributed by atoms with Crippen LogP contribution in [0.3, 0.4) is 0 Å². The molecule has 0 spiro atoms. The lowest BCUT2D eigenvalue weighted by molar-refractivity contribution is 0.260. The summed E-state index contributed by atoms with van der Waals surface area (Å²) in [5.41, 5.74) is -0.299. The van der Waals surface area contributed by atoms with E-state index < -0.39 is 0 Å². The van der Waals surface area contributed by atoms with Crippen molar-refractivity contribution in [3.63, 3.8) is 0 Å². The number of ether oxygens (including phenoxy) is 1. The van der Waals surface area contributed by atoms with Gasteiger partial charge in [-0.05, 0) is 20.3 Å². The van der Waals surface area contributed by atoms with E-state index in [0.29, 0.717) is 18.3 Å². The summed E-state index contributed by atoms with van der Waals surface area (Å²) in [5.74, 6) is 0.846. The van der Waals surface area contributed by atoms with Crippen molar-refractivity contribution in [3.05, 3.63) is 0 Å². The fourth-order valence-electron chi connectivity index (χ4n) is 1.26. The van der Waals surface area contributed by atoms with E-state index in [1.165, 1.54) is 7.11 Å². The molecule has 0 atom stereocenters. The largest absolute Gasteiger partial charge is 0.467 e. The lowest BCUT2D eigenvalue weighted by atomic mass is 10.0. The fourth-order valence-corrected chi connectivity index (χ4v) is 1.26. The quantitative estimate of drug-likeness (QED) is 0.667. The molecule has 1 aromatic rings. The standard InChI is InChI=1S/C10H19N5O2/c1-10(2,5-6-16)15-8-12-7(11-3)13-9(14-8)17-4/h16H,5-6H2,1-4H3,(H2,11,12,13,14,15). The molecule has 0 fully saturated rings. The molecule has 7 nitrogen and oxygen atoms in total. The lowest BCUT2D eigenvalue weighted by Gasteiger charge is -2.25. The van der Waals surface area contributed by atoms with E-state index in [0.717, 1.165) is 0 Å². The van der Waals surface area contributed by atoms with Gasteiger partial charge in [0, 0.05) is 19.2 Å². The van der Waals surface area contributed by atoms with Crippen LogP contribution in [0, 0.1) is 0 Å². The summed E-state index contributed by atoms with van der Waals surface area (Å²) in [6.45, 7) is 4.01. The van der Waals surface area contributed by atoms with Gasteiger partial charge in [0.2, 0.25) is 11.9 Å². The minimum Gasteiger partial charge on any atom is -0.467 e. The molecule has 0 saturated carbocycles. The van der Waals surface area contributed by atoms with Gasteiger partial charge in [-0.3, -0.25) is 0 Å². The Hall–Kier alpha value is -1.63. The molecular weight excluding hydrogens is 222 g/mol. The van der Waals surface area contributed by atoms with Gasteiger partial charge in [-0.2, -0.15) is 15.0 Å². The number of nitrogens with one attached hydrogen (secondary N) is 2. The van der Waals surface area contributed by atoms with Crippen LogP contribution < -0.4 is 15.4 Å². The fraction of sp³-hybridized carbons (Fsp3) is 0.700. The summed E-state index contributed by atoms with van der Waals surface area (Å²) in [7, 11) is 3.22. The Kier molecular flexibility index (Phi) is 4.45. The second-order valence-corrected chi connectivity index (χ2v) is 4.20. The Labute approximate surface area is 101 Å². The van der Waals surface area contributed by atoms with Gasteiger partial charge in [0.15, 0.2) is 0 Å². The monoisotopic (exact) mass is 241 g/mol. The Morgan fingerprint density at radius 2 is 1.88 bits per heavy atom. The zero-order valence-corrected chi connectivity index (χ0v) is 10.6. The first-order chi connectivity index (χ1) is 8.00. The highest BCUT2D eigenvalue weighted by Gasteiger charge is 2.19. The van der Waals surface area contributed by atoms with Crippen molar-refractivity contribution in [2.75, 3.05) is 31.4 Å². The van der Waals surface area contributed by atoms with Crippen LogP contribution in [-0.4, -0.2) is 46.4 Å². The number of hydrogen-bond donors (Lipinski definition) is 3. The zero-order valence-electron chi connectivity index (χ0n) is 10.6. The maximum absolute atomic E-state index is 8.95. The molecule has 0 aromatic carbocycles. The minimum atomic E-state index is -0.299. The molecule has 0 amide bonds. The third-order valence-corrected chi connectivity index (χ3v) is 2.21. The van der Waals surface area contributed by atoms with Gasteiger partial charge in [-0.1, -0.05) is 0 Å². The summed E-state index contributed by atoms with van der Waals surface area (Å²) >= 11 is 0. The average Bonchev–Trinajstić information content (AvgIpc) is 2.27. The van der Waals surface area contributed by atoms with E-state index in [2.05, 4.69) is 25.6 Å². The smallest absolute Gasteiger partial charge is 0.322 e. The van der Waals surface area contributed by atoms with Gasteiger partial charge in [-0.15, -0.1) is 0 Å². The van der Waals surface area contributed by atoms with Crippen molar-refractivity contribution in [1.82, 2.24) is 15.0 Å². The Morgan fingerprint density at radius 1 is 1.24 bits per heavy atom. The van der Waals surface area contributed by atoms with Crippen LogP contribution in [0.4, 0.5) is 11.9 Å². The molecule has 0 aliphatic heterocycles. The number of hydrogen-bond acceptors (Lipinski definition) is 7. The molecular formula is C10H19N5O2. The van der Waals surface area contributed by atoms with E-state index in [1.54, 1.807) is 7.05 Å². The Bertz CT molecular complexity index is 347. The molecule has 0 aliphatic carbocycles. The number of rotatable bonds is 6. The lowest BCUT2D eigenvalue weighted by Crippen LogP contribution is -2.33. The minimum absolute atomic E-state index is 0.0983. The second-order valence-electron chi connectivity index (χ2n) is 4.20. The molecule has 7 heteroatoms. The van der Waals surface area contributed by atoms with E-state index >= 15 is 0 Å². The van der Waals surface area contributed by atoms with Gasteiger partial charge >= 0.3 is 6.01 Å². The maximum atomic E-state index is 8.95. The molecule has 0 unspecified atom stereocenters. The van der Waals surface area contributed by atoms with Crippen LogP contribution >= 0.6 is 0 Å². The molecule has 0 saturated heterocycles. The molecule has 96 valence electrons. The van der Waals surface area contributed by atoms with Gasteiger partial charge in [0.25, 0.3) is 0 Å². The summed E-state index contributed by atoms with van der Waals surface area (Å²) in [6, 6.07) is 0.242. The number of aliphatic hydroxyl groups excluding tert-OH is 1. The number of aliphatic hydroxyl groups is 1. The first-order valence-corrected chi connectivity index (χ1v) is 5.37. The summed E-state index contributed by atoms with van der Waals surface area (Å²) in [5, 5.41) is 14.9. The van der Waals surface area contributed by atoms with Crippen LogP contribution in [-0.2, 0) is 0 Å². The number of methoxy groups -OCH3 is 1. The summed E-state index contributed by atoms with van der Waals surface area (Å²) in [4.78, 5) is 12.3. The number of anilines is 2. The first-order valence-electron chi connectivity index (χ1n) is 5.37. The van der Waals surface area contributed by atoms with Crippen LogP contribution in [0.15, 0.2) is 0 Å². The van der Waals surface area contributed by atoms with E-state index in [4.69, 9.17) is 9.84 Å². The maximum Gasteiger partial charge on any atom is 0.322 e. The van der Waals surface area contributed by atoms with Crippen molar-refractivity contribution in [2.45, 2.75) is 25.8 Å². The molecule has 17 heavy (non-hydrogen) atoms. The van der Waals surface area contributed by atoms with Crippen LogP contribution in [0.5, 0.6) is 6.01 Å². The third-order valence-electron chi connectivity index (χ3n) is 2.21. The highest BCUT2D eigenvalue weighted by atomic mass is 16.5. The van der Waals surface area contributed by atoms with Crippen molar-refractivity contribution >= 4 is 11.9 Å². The predicted molar refractivity (Wildman–Crippen MR) is 65.3 cm³/mol. The second kappa shape index (κ2) is 5.62. The van der Waals surface area contributed by atoms with E-state index in [1.807, 2.05) is 13.8 Å². The predicted octanol–water partition coefficient (Wildman–Crippen LogP) is 0.495. The molecule has 1 rings (SSSR count). The third kappa shape index (κ3) is 4.03. The van der Waals surface area contributed by atoms with Gasteiger partial charge in [0.1, 0.15) is 0 Å². The molecule has 0 radical (unpaired) electrons. The van der Waals surface area contributed by atoms with E-state index in [-0.39, 0.29) is 18.2 Å². The molecule has 1 aromatic heterocycles. The van der Waals surface area contributed by atoms with Gasteiger partial charge < -0.3 is 20.5 Å².